The fourth-order valence-corrected chi connectivity index (χ4v) is 4.68. The van der Waals surface area contributed by atoms with Crippen molar-refractivity contribution in [2.75, 3.05) is 52.9 Å². The summed E-state index contributed by atoms with van der Waals surface area (Å²) in [5.74, 6) is -0.0108. The van der Waals surface area contributed by atoms with Crippen LogP contribution in [0.3, 0.4) is 0 Å². The third kappa shape index (κ3) is 6.56. The van der Waals surface area contributed by atoms with Crippen molar-refractivity contribution in [3.63, 3.8) is 0 Å². The largest absolute Gasteiger partial charge is 0.360 e. The molecule has 7 nitrogen and oxygen atoms in total. The van der Waals surface area contributed by atoms with Crippen molar-refractivity contribution < 1.29 is 4.79 Å². The van der Waals surface area contributed by atoms with E-state index in [0.29, 0.717) is 12.1 Å². The Morgan fingerprint density at radius 2 is 1.97 bits per heavy atom. The molecule has 0 spiro atoms. The maximum absolute atomic E-state index is 12.5. The lowest BCUT2D eigenvalue weighted by molar-refractivity contribution is 0.0941. The molecule has 1 fully saturated rings. The Bertz CT molecular complexity index is 896. The third-order valence-electron chi connectivity index (χ3n) is 5.84. The molecular weight excluding hydrogens is 420 g/mol. The van der Waals surface area contributed by atoms with E-state index in [1.54, 1.807) is 18.0 Å². The molecule has 0 bridgehead atoms. The molecule has 2 aliphatic rings. The van der Waals surface area contributed by atoms with E-state index in [4.69, 9.17) is 0 Å². The van der Waals surface area contributed by atoms with Crippen molar-refractivity contribution in [1.29, 1.82) is 0 Å². The summed E-state index contributed by atoms with van der Waals surface area (Å²) < 4.78 is 0. The van der Waals surface area contributed by atoms with Crippen molar-refractivity contribution in [3.8, 4) is 0 Å². The summed E-state index contributed by atoms with van der Waals surface area (Å²) >= 11 is 1.73. The molecule has 0 saturated carbocycles. The van der Waals surface area contributed by atoms with Crippen LogP contribution < -0.4 is 16.0 Å². The van der Waals surface area contributed by atoms with Gasteiger partial charge < -0.3 is 15.5 Å². The molecule has 1 amide bonds. The maximum atomic E-state index is 12.5. The smallest absolute Gasteiger partial charge is 0.251 e. The molecule has 3 heterocycles. The van der Waals surface area contributed by atoms with Gasteiger partial charge in [0.15, 0.2) is 0 Å². The van der Waals surface area contributed by atoms with E-state index >= 15 is 0 Å². The Kier molecular flexibility index (Phi) is 8.17. The monoisotopic (exact) mass is 452 g/mol. The van der Waals surface area contributed by atoms with Gasteiger partial charge in [-0.1, -0.05) is 30.0 Å². The van der Waals surface area contributed by atoms with E-state index in [2.05, 4.69) is 49.3 Å². The summed E-state index contributed by atoms with van der Waals surface area (Å²) in [7, 11) is 2.15. The lowest BCUT2D eigenvalue weighted by Gasteiger charge is -2.32. The van der Waals surface area contributed by atoms with Crippen molar-refractivity contribution in [1.82, 2.24) is 30.7 Å². The fourth-order valence-electron chi connectivity index (χ4n) is 3.79. The molecule has 1 saturated heterocycles. The van der Waals surface area contributed by atoms with Crippen LogP contribution in [0.15, 0.2) is 54.2 Å². The molecular formula is C24H32N6OS. The second-order valence-corrected chi connectivity index (χ2v) is 9.21. The normalized spacial score (nSPS) is 19.4. The summed E-state index contributed by atoms with van der Waals surface area (Å²) in [4.78, 5) is 21.4. The number of thioether (sulfide) groups is 1. The molecule has 170 valence electrons. The van der Waals surface area contributed by atoms with Gasteiger partial charge in [0.25, 0.3) is 5.91 Å². The van der Waals surface area contributed by atoms with Crippen LogP contribution in [0.2, 0.25) is 0 Å². The molecule has 1 atom stereocenters. The van der Waals surface area contributed by atoms with E-state index in [9.17, 15) is 4.79 Å². The van der Waals surface area contributed by atoms with E-state index in [0.717, 1.165) is 56.9 Å². The van der Waals surface area contributed by atoms with Gasteiger partial charge in [-0.05, 0) is 48.2 Å². The minimum Gasteiger partial charge on any atom is -0.360 e. The van der Waals surface area contributed by atoms with Crippen molar-refractivity contribution in [3.05, 3.63) is 70.9 Å². The third-order valence-corrected chi connectivity index (χ3v) is 6.77. The highest BCUT2D eigenvalue weighted by molar-refractivity contribution is 8.03. The zero-order chi connectivity index (χ0) is 22.2. The van der Waals surface area contributed by atoms with E-state index in [1.165, 1.54) is 5.56 Å². The summed E-state index contributed by atoms with van der Waals surface area (Å²) in [6.07, 6.45) is 4.65. The Balaban J connectivity index is 1.17. The molecule has 2 aliphatic heterocycles. The van der Waals surface area contributed by atoms with Crippen LogP contribution in [-0.4, -0.2) is 79.0 Å². The van der Waals surface area contributed by atoms with Gasteiger partial charge in [0.2, 0.25) is 0 Å². The lowest BCUT2D eigenvalue weighted by Crippen LogP contribution is -2.46. The first kappa shape index (κ1) is 22.8. The SMILES string of the molecule is CN1CCN(CCNC(=O)c2ccc(C3=CSC(NCCc4cccnc4)N3)cc2)CC1. The summed E-state index contributed by atoms with van der Waals surface area (Å²) in [6, 6.07) is 11.9. The van der Waals surface area contributed by atoms with Crippen LogP contribution in [0, 0.1) is 0 Å². The maximum Gasteiger partial charge on any atom is 0.251 e. The number of benzene rings is 1. The second-order valence-electron chi connectivity index (χ2n) is 8.24. The minimum atomic E-state index is -0.0108. The number of aromatic nitrogens is 1. The van der Waals surface area contributed by atoms with E-state index in [1.807, 2.05) is 36.5 Å². The molecule has 1 aromatic carbocycles. The van der Waals surface area contributed by atoms with Gasteiger partial charge in [0.05, 0.1) is 0 Å². The lowest BCUT2D eigenvalue weighted by atomic mass is 10.1. The zero-order valence-electron chi connectivity index (χ0n) is 18.6. The Morgan fingerprint density at radius 1 is 1.16 bits per heavy atom. The van der Waals surface area contributed by atoms with Gasteiger partial charge in [0, 0.05) is 69.5 Å². The summed E-state index contributed by atoms with van der Waals surface area (Å²) in [5.41, 5.74) is 4.25. The van der Waals surface area contributed by atoms with Crippen molar-refractivity contribution in [2.45, 2.75) is 11.9 Å². The molecule has 8 heteroatoms. The number of nitrogens with zero attached hydrogens (tertiary/aromatic N) is 3. The predicted octanol–water partition coefficient (Wildman–Crippen LogP) is 1.81. The van der Waals surface area contributed by atoms with Gasteiger partial charge in [0.1, 0.15) is 5.50 Å². The fraction of sp³-hybridized carbons (Fsp3) is 0.417. The number of hydrogen-bond acceptors (Lipinski definition) is 7. The average molecular weight is 453 g/mol. The Labute approximate surface area is 194 Å². The average Bonchev–Trinajstić information content (AvgIpc) is 3.30. The minimum absolute atomic E-state index is 0.0108. The first-order valence-electron chi connectivity index (χ1n) is 11.2. The zero-order valence-corrected chi connectivity index (χ0v) is 19.4. The second kappa shape index (κ2) is 11.5. The van der Waals surface area contributed by atoms with Crippen LogP contribution in [0.4, 0.5) is 0 Å². The number of carbonyl (C=O) groups is 1. The number of piperazine rings is 1. The van der Waals surface area contributed by atoms with Gasteiger partial charge in [-0.3, -0.25) is 20.0 Å². The van der Waals surface area contributed by atoms with Crippen LogP contribution >= 0.6 is 11.8 Å². The van der Waals surface area contributed by atoms with E-state index < -0.39 is 0 Å². The molecule has 0 aliphatic carbocycles. The molecule has 32 heavy (non-hydrogen) atoms. The molecule has 1 aromatic heterocycles. The van der Waals surface area contributed by atoms with E-state index in [-0.39, 0.29) is 11.4 Å². The van der Waals surface area contributed by atoms with Crippen LogP contribution in [0.25, 0.3) is 5.70 Å². The molecule has 4 rings (SSSR count). The Morgan fingerprint density at radius 3 is 2.72 bits per heavy atom. The Hall–Kier alpha value is -2.39. The quantitative estimate of drug-likeness (QED) is 0.536. The number of amides is 1. The number of carbonyl (C=O) groups excluding carboxylic acids is 1. The number of hydrogen-bond donors (Lipinski definition) is 3. The topological polar surface area (TPSA) is 72.5 Å². The standard InChI is InChI=1S/C24H32N6OS/c1-29-13-15-30(16-14-29)12-11-26-23(31)21-6-4-20(5-7-21)22-18-32-24(28-22)27-10-8-19-3-2-9-25-17-19/h2-7,9,17-18,24,27-28H,8,10-16H2,1H3,(H,26,31). The van der Waals surface area contributed by atoms with Gasteiger partial charge in [-0.2, -0.15) is 0 Å². The van der Waals surface area contributed by atoms with Gasteiger partial charge in [-0.15, -0.1) is 0 Å². The van der Waals surface area contributed by atoms with Gasteiger partial charge >= 0.3 is 0 Å². The first-order valence-corrected chi connectivity index (χ1v) is 12.2. The molecule has 1 unspecified atom stereocenters. The number of pyridine rings is 1. The summed E-state index contributed by atoms with van der Waals surface area (Å²) in [6.45, 7) is 6.80. The van der Waals surface area contributed by atoms with Crippen LogP contribution in [0.1, 0.15) is 21.5 Å². The predicted molar refractivity (Wildman–Crippen MR) is 131 cm³/mol. The molecule has 2 aromatic rings. The number of rotatable bonds is 9. The van der Waals surface area contributed by atoms with Crippen molar-refractivity contribution in [2.24, 2.45) is 0 Å². The molecule has 3 N–H and O–H groups in total. The van der Waals surface area contributed by atoms with Gasteiger partial charge in [-0.25, -0.2) is 0 Å². The molecule has 0 radical (unpaired) electrons. The highest BCUT2D eigenvalue weighted by Crippen LogP contribution is 2.26. The van der Waals surface area contributed by atoms with Crippen molar-refractivity contribution >= 4 is 23.4 Å². The number of nitrogens with one attached hydrogen (secondary N) is 3. The van der Waals surface area contributed by atoms with Crippen LogP contribution in [0.5, 0.6) is 0 Å². The summed E-state index contributed by atoms with van der Waals surface area (Å²) in [5, 5.41) is 12.2. The first-order chi connectivity index (χ1) is 15.7. The number of likely N-dealkylation sites (N-methyl/N-ethyl adjacent to an activating group) is 1. The van der Waals surface area contributed by atoms with Crippen LogP contribution in [-0.2, 0) is 6.42 Å². The highest BCUT2D eigenvalue weighted by Gasteiger charge is 2.18. The highest BCUT2D eigenvalue weighted by atomic mass is 32.2.